The van der Waals surface area contributed by atoms with Gasteiger partial charge in [0.15, 0.2) is 5.03 Å². The van der Waals surface area contributed by atoms with E-state index in [0.717, 1.165) is 27.6 Å². The van der Waals surface area contributed by atoms with E-state index < -0.39 is 10.0 Å². The maximum atomic E-state index is 12.9. The Morgan fingerprint density at radius 1 is 0.879 bits per heavy atom. The average Bonchev–Trinajstić information content (AvgIpc) is 2.85. The largest absolute Gasteiger partial charge is 0.382 e. The first-order chi connectivity index (χ1) is 15.6. The van der Waals surface area contributed by atoms with E-state index in [2.05, 4.69) is 32.4 Å². The van der Waals surface area contributed by atoms with E-state index in [4.69, 9.17) is 0 Å². The summed E-state index contributed by atoms with van der Waals surface area (Å²) >= 11 is 0. The van der Waals surface area contributed by atoms with Crippen LogP contribution in [0.2, 0.25) is 0 Å². The van der Waals surface area contributed by atoms with Crippen molar-refractivity contribution in [3.05, 3.63) is 79.5 Å². The number of nitrogens with zero attached hydrogens (tertiary/aromatic N) is 4. The van der Waals surface area contributed by atoms with Crippen molar-refractivity contribution < 1.29 is 8.42 Å². The van der Waals surface area contributed by atoms with E-state index in [9.17, 15) is 8.42 Å². The van der Waals surface area contributed by atoms with Gasteiger partial charge >= 0.3 is 0 Å². The second-order valence-corrected chi connectivity index (χ2v) is 9.74. The van der Waals surface area contributed by atoms with E-state index in [0.29, 0.717) is 25.9 Å². The van der Waals surface area contributed by atoms with Gasteiger partial charge in [-0.15, -0.1) is 12.4 Å². The Balaban J connectivity index is 0.00000259. The van der Waals surface area contributed by atoms with Crippen molar-refractivity contribution in [3.8, 4) is 11.1 Å². The molecule has 1 saturated heterocycles. The maximum absolute atomic E-state index is 12.9. The summed E-state index contributed by atoms with van der Waals surface area (Å²) in [5.74, 6) is 0. The van der Waals surface area contributed by atoms with Gasteiger partial charge in [-0.3, -0.25) is 9.97 Å². The van der Waals surface area contributed by atoms with Crippen LogP contribution in [0.1, 0.15) is 12.8 Å². The summed E-state index contributed by atoms with van der Waals surface area (Å²) in [5, 5.41) is 5.89. The molecule has 0 atom stereocenters. The number of piperidine rings is 1. The molecule has 0 amide bonds. The highest BCUT2D eigenvalue weighted by Crippen LogP contribution is 2.32. The van der Waals surface area contributed by atoms with Gasteiger partial charge in [0, 0.05) is 66.8 Å². The molecule has 4 aromatic rings. The molecule has 7 nitrogen and oxygen atoms in total. The Labute approximate surface area is 199 Å². The second kappa shape index (κ2) is 9.82. The Morgan fingerprint density at radius 2 is 1.70 bits per heavy atom. The topological polar surface area (TPSA) is 88.1 Å². The summed E-state index contributed by atoms with van der Waals surface area (Å²) in [5.41, 5.74) is 3.13. The summed E-state index contributed by atoms with van der Waals surface area (Å²) in [6, 6.07) is 15.4. The molecule has 170 valence electrons. The minimum atomic E-state index is -3.56. The molecular formula is C24H24ClN5O2S. The molecule has 1 aromatic carbocycles. The number of anilines is 1. The van der Waals surface area contributed by atoms with Crippen molar-refractivity contribution in [3.63, 3.8) is 0 Å². The second-order valence-electron chi connectivity index (χ2n) is 7.85. The predicted molar refractivity (Wildman–Crippen MR) is 132 cm³/mol. The lowest BCUT2D eigenvalue weighted by Gasteiger charge is -2.32. The Morgan fingerprint density at radius 3 is 2.42 bits per heavy atom. The number of hydrogen-bond donors (Lipinski definition) is 1. The fraction of sp³-hybridized carbons (Fsp3) is 0.208. The molecule has 5 rings (SSSR count). The third-order valence-electron chi connectivity index (χ3n) is 5.81. The third-order valence-corrected chi connectivity index (χ3v) is 7.62. The fourth-order valence-electron chi connectivity index (χ4n) is 4.11. The lowest BCUT2D eigenvalue weighted by Crippen LogP contribution is -2.42. The maximum Gasteiger partial charge on any atom is 0.260 e. The first-order valence-corrected chi connectivity index (χ1v) is 12.0. The number of sulfonamides is 1. The molecule has 3 aromatic heterocycles. The summed E-state index contributed by atoms with van der Waals surface area (Å²) in [6.07, 6.45) is 10.2. The number of halogens is 1. The first-order valence-electron chi connectivity index (χ1n) is 10.6. The third kappa shape index (κ3) is 4.83. The number of rotatable bonds is 5. The van der Waals surface area contributed by atoms with Crippen molar-refractivity contribution in [2.75, 3.05) is 18.4 Å². The zero-order valence-corrected chi connectivity index (χ0v) is 19.5. The van der Waals surface area contributed by atoms with Crippen molar-refractivity contribution in [2.24, 2.45) is 0 Å². The zero-order chi connectivity index (χ0) is 22.0. The molecule has 33 heavy (non-hydrogen) atoms. The van der Waals surface area contributed by atoms with Gasteiger partial charge < -0.3 is 5.32 Å². The van der Waals surface area contributed by atoms with E-state index in [1.54, 1.807) is 30.6 Å². The minimum absolute atomic E-state index is 0. The van der Waals surface area contributed by atoms with Crippen LogP contribution in [-0.4, -0.2) is 46.8 Å². The highest BCUT2D eigenvalue weighted by atomic mass is 35.5. The summed E-state index contributed by atoms with van der Waals surface area (Å²) in [7, 11) is -3.56. The smallest absolute Gasteiger partial charge is 0.260 e. The molecule has 1 N–H and O–H groups in total. The van der Waals surface area contributed by atoms with Crippen LogP contribution in [0.25, 0.3) is 21.9 Å². The van der Waals surface area contributed by atoms with Crippen molar-refractivity contribution in [2.45, 2.75) is 23.9 Å². The zero-order valence-electron chi connectivity index (χ0n) is 17.8. The molecule has 1 aliphatic heterocycles. The number of pyridine rings is 3. The number of fused-ring (bicyclic) bond motifs is 1. The minimum Gasteiger partial charge on any atom is -0.382 e. The van der Waals surface area contributed by atoms with Crippen molar-refractivity contribution in [1.29, 1.82) is 0 Å². The van der Waals surface area contributed by atoms with Crippen LogP contribution in [0.5, 0.6) is 0 Å². The van der Waals surface area contributed by atoms with Crippen LogP contribution in [0.15, 0.2) is 84.5 Å². The van der Waals surface area contributed by atoms with Gasteiger partial charge in [-0.1, -0.05) is 12.1 Å². The Kier molecular flexibility index (Phi) is 6.88. The average molecular weight is 482 g/mol. The number of hydrogen-bond acceptors (Lipinski definition) is 6. The monoisotopic (exact) mass is 481 g/mol. The van der Waals surface area contributed by atoms with Crippen molar-refractivity contribution >= 4 is 38.9 Å². The van der Waals surface area contributed by atoms with E-state index >= 15 is 0 Å². The van der Waals surface area contributed by atoms with Crippen LogP contribution in [0.3, 0.4) is 0 Å². The molecule has 0 bridgehead atoms. The molecule has 0 radical (unpaired) electrons. The molecule has 1 fully saturated rings. The SMILES string of the molecule is Cl.O=S(=O)(c1ccccn1)N1CCC(Nc2cc(-c3cccnc3)cc3ccncc23)CC1. The molecule has 1 aliphatic rings. The number of aromatic nitrogens is 3. The molecule has 0 aliphatic carbocycles. The van der Waals surface area contributed by atoms with Crippen LogP contribution in [0.4, 0.5) is 5.69 Å². The Bertz CT molecular complexity index is 1330. The van der Waals surface area contributed by atoms with Gasteiger partial charge in [0.25, 0.3) is 10.0 Å². The fourth-order valence-corrected chi connectivity index (χ4v) is 5.51. The molecule has 0 spiro atoms. The van der Waals surface area contributed by atoms with Gasteiger partial charge in [0.1, 0.15) is 0 Å². The molecule has 0 saturated carbocycles. The highest BCUT2D eigenvalue weighted by molar-refractivity contribution is 7.89. The standard InChI is InChI=1S/C24H23N5O2S.ClH/c30-32(31,24-5-1-2-10-27-24)29-12-7-21(8-13-29)28-23-15-20(19-4-3-9-25-16-19)14-18-6-11-26-17-22(18)23;/h1-6,9-11,14-17,21,28H,7-8,12-13H2;1H. The van der Waals surface area contributed by atoms with Crippen LogP contribution < -0.4 is 5.32 Å². The molecular weight excluding hydrogens is 458 g/mol. The van der Waals surface area contributed by atoms with Crippen molar-refractivity contribution in [1.82, 2.24) is 19.3 Å². The highest BCUT2D eigenvalue weighted by Gasteiger charge is 2.30. The normalized spacial score (nSPS) is 15.2. The number of benzene rings is 1. The van der Waals surface area contributed by atoms with Gasteiger partial charge in [0.05, 0.1) is 0 Å². The first kappa shape index (κ1) is 23.1. The molecule has 9 heteroatoms. The van der Waals surface area contributed by atoms with Gasteiger partial charge in [0.2, 0.25) is 0 Å². The van der Waals surface area contributed by atoms with E-state index in [1.165, 1.54) is 10.5 Å². The van der Waals surface area contributed by atoms with Gasteiger partial charge in [-0.05, 0) is 60.2 Å². The van der Waals surface area contributed by atoms with Crippen LogP contribution in [-0.2, 0) is 10.0 Å². The quantitative estimate of drug-likeness (QED) is 0.455. The predicted octanol–water partition coefficient (Wildman–Crippen LogP) is 4.38. The lowest BCUT2D eigenvalue weighted by molar-refractivity contribution is 0.329. The Hall–Kier alpha value is -3.07. The summed E-state index contributed by atoms with van der Waals surface area (Å²) in [6.45, 7) is 0.907. The van der Waals surface area contributed by atoms with Crippen LogP contribution in [0, 0.1) is 0 Å². The van der Waals surface area contributed by atoms with E-state index in [1.807, 2.05) is 30.6 Å². The number of nitrogens with one attached hydrogen (secondary N) is 1. The van der Waals surface area contributed by atoms with Gasteiger partial charge in [-0.25, -0.2) is 13.4 Å². The summed E-state index contributed by atoms with van der Waals surface area (Å²) < 4.78 is 27.2. The van der Waals surface area contributed by atoms with Gasteiger partial charge in [-0.2, -0.15) is 4.31 Å². The molecule has 4 heterocycles. The van der Waals surface area contributed by atoms with E-state index in [-0.39, 0.29) is 23.5 Å². The molecule has 0 unspecified atom stereocenters. The summed E-state index contributed by atoms with van der Waals surface area (Å²) in [4.78, 5) is 12.6. The van der Waals surface area contributed by atoms with Crippen LogP contribution >= 0.6 is 12.4 Å². The lowest BCUT2D eigenvalue weighted by atomic mass is 10.0.